The summed E-state index contributed by atoms with van der Waals surface area (Å²) in [6, 6.07) is 9.65. The Morgan fingerprint density at radius 1 is 1.30 bits per heavy atom. The highest BCUT2D eigenvalue weighted by Gasteiger charge is 2.31. The fourth-order valence-electron chi connectivity index (χ4n) is 3.59. The van der Waals surface area contributed by atoms with E-state index >= 15 is 0 Å². The van der Waals surface area contributed by atoms with Crippen LogP contribution in [0.5, 0.6) is 0 Å². The van der Waals surface area contributed by atoms with Crippen LogP contribution in [0.2, 0.25) is 5.02 Å². The summed E-state index contributed by atoms with van der Waals surface area (Å²) in [6.45, 7) is 6.12. The van der Waals surface area contributed by atoms with Gasteiger partial charge in [-0.3, -0.25) is 0 Å². The molecule has 2 aliphatic rings. The van der Waals surface area contributed by atoms with Gasteiger partial charge in [0.1, 0.15) is 0 Å². The Labute approximate surface area is 127 Å². The first-order valence-electron chi connectivity index (χ1n) is 7.94. The van der Waals surface area contributed by atoms with Crippen molar-refractivity contribution in [3.05, 3.63) is 34.9 Å². The maximum Gasteiger partial charge on any atom is 0.0408 e. The summed E-state index contributed by atoms with van der Waals surface area (Å²) < 4.78 is 0. The summed E-state index contributed by atoms with van der Waals surface area (Å²) in [5, 5.41) is 4.65. The van der Waals surface area contributed by atoms with Crippen LogP contribution in [0.15, 0.2) is 24.3 Å². The monoisotopic (exact) mass is 292 g/mol. The molecule has 1 saturated heterocycles. The first-order chi connectivity index (χ1) is 9.70. The lowest BCUT2D eigenvalue weighted by Gasteiger charge is -2.39. The van der Waals surface area contributed by atoms with Crippen molar-refractivity contribution in [2.75, 3.05) is 19.6 Å². The van der Waals surface area contributed by atoms with Gasteiger partial charge >= 0.3 is 0 Å². The number of nitrogens with zero attached hydrogens (tertiary/aromatic N) is 1. The van der Waals surface area contributed by atoms with Crippen molar-refractivity contribution in [1.29, 1.82) is 0 Å². The fourth-order valence-corrected chi connectivity index (χ4v) is 3.79. The van der Waals surface area contributed by atoms with Crippen molar-refractivity contribution in [3.8, 4) is 0 Å². The van der Waals surface area contributed by atoms with Crippen LogP contribution in [0.25, 0.3) is 0 Å². The lowest BCUT2D eigenvalue weighted by atomic mass is 9.75. The van der Waals surface area contributed by atoms with E-state index in [4.69, 9.17) is 11.6 Å². The Hall–Kier alpha value is -0.570. The molecular weight excluding hydrogens is 268 g/mol. The second-order valence-corrected chi connectivity index (χ2v) is 6.93. The summed E-state index contributed by atoms with van der Waals surface area (Å²) >= 11 is 6.06. The van der Waals surface area contributed by atoms with Crippen LogP contribution in [0.1, 0.15) is 44.1 Å². The zero-order chi connectivity index (χ0) is 13.9. The first kappa shape index (κ1) is 14.4. The lowest BCUT2D eigenvalue weighted by molar-refractivity contribution is 0.232. The molecule has 20 heavy (non-hydrogen) atoms. The Bertz CT molecular complexity index is 436. The highest BCUT2D eigenvalue weighted by Crippen LogP contribution is 2.37. The molecule has 1 atom stereocenters. The van der Waals surface area contributed by atoms with Gasteiger partial charge in [0.25, 0.3) is 0 Å². The van der Waals surface area contributed by atoms with Crippen molar-refractivity contribution < 1.29 is 0 Å². The van der Waals surface area contributed by atoms with Gasteiger partial charge in [-0.05, 0) is 69.3 Å². The van der Waals surface area contributed by atoms with E-state index in [9.17, 15) is 0 Å². The molecule has 1 heterocycles. The van der Waals surface area contributed by atoms with Crippen LogP contribution in [0, 0.1) is 0 Å². The summed E-state index contributed by atoms with van der Waals surface area (Å²) in [5.41, 5.74) is 1.41. The van der Waals surface area contributed by atoms with Gasteiger partial charge in [0.15, 0.2) is 0 Å². The molecule has 1 aliphatic carbocycles. The molecule has 0 spiro atoms. The summed E-state index contributed by atoms with van der Waals surface area (Å²) in [6.07, 6.45) is 5.27. The third-order valence-electron chi connectivity index (χ3n) is 4.71. The van der Waals surface area contributed by atoms with Crippen molar-refractivity contribution in [3.63, 3.8) is 0 Å². The summed E-state index contributed by atoms with van der Waals surface area (Å²) in [7, 11) is 0. The van der Waals surface area contributed by atoms with Gasteiger partial charge in [0.05, 0.1) is 0 Å². The maximum atomic E-state index is 6.06. The van der Waals surface area contributed by atoms with Crippen LogP contribution in [0.4, 0.5) is 0 Å². The second kappa shape index (κ2) is 6.46. The third-order valence-corrected chi connectivity index (χ3v) is 4.94. The highest BCUT2D eigenvalue weighted by atomic mass is 35.5. The first-order valence-corrected chi connectivity index (χ1v) is 8.32. The van der Waals surface area contributed by atoms with E-state index in [-0.39, 0.29) is 0 Å². The Balaban J connectivity index is 1.41. The van der Waals surface area contributed by atoms with Gasteiger partial charge in [0, 0.05) is 23.7 Å². The van der Waals surface area contributed by atoms with Gasteiger partial charge in [-0.25, -0.2) is 0 Å². The van der Waals surface area contributed by atoms with Crippen LogP contribution in [0.3, 0.4) is 0 Å². The lowest BCUT2D eigenvalue weighted by Crippen LogP contribution is -2.48. The molecule has 1 aliphatic heterocycles. The SMILES string of the molecule is CC(CN1CCCC1)NC1CC(c2cccc(Cl)c2)C1. The number of hydrogen-bond donors (Lipinski definition) is 1. The van der Waals surface area contributed by atoms with Gasteiger partial charge in [-0.15, -0.1) is 0 Å². The molecule has 1 aromatic rings. The molecule has 3 rings (SSSR count). The number of halogens is 1. The molecule has 1 unspecified atom stereocenters. The third kappa shape index (κ3) is 3.55. The Morgan fingerprint density at radius 2 is 2.05 bits per heavy atom. The standard InChI is InChI=1S/C17H25ClN2/c1-13(12-20-7-2-3-8-20)19-17-10-15(11-17)14-5-4-6-16(18)9-14/h4-6,9,13,15,17,19H,2-3,7-8,10-12H2,1H3. The topological polar surface area (TPSA) is 15.3 Å². The van der Waals surface area contributed by atoms with E-state index in [1.54, 1.807) is 0 Å². The molecule has 1 N–H and O–H groups in total. The predicted molar refractivity (Wildman–Crippen MR) is 85.5 cm³/mol. The normalized spacial score (nSPS) is 28.3. The predicted octanol–water partition coefficient (Wildman–Crippen LogP) is 3.66. The summed E-state index contributed by atoms with van der Waals surface area (Å²) in [4.78, 5) is 2.59. The van der Waals surface area contributed by atoms with E-state index in [1.807, 2.05) is 6.07 Å². The van der Waals surface area contributed by atoms with Gasteiger partial charge in [-0.1, -0.05) is 23.7 Å². The van der Waals surface area contributed by atoms with E-state index in [0.29, 0.717) is 18.0 Å². The summed E-state index contributed by atoms with van der Waals surface area (Å²) in [5.74, 6) is 0.699. The molecule has 0 aromatic heterocycles. The van der Waals surface area contributed by atoms with Crippen LogP contribution >= 0.6 is 11.6 Å². The Kier molecular flexibility index (Phi) is 4.65. The molecule has 110 valence electrons. The van der Waals surface area contributed by atoms with Crippen molar-refractivity contribution in [1.82, 2.24) is 10.2 Å². The molecule has 1 saturated carbocycles. The molecule has 3 heteroatoms. The average Bonchev–Trinajstić information content (AvgIpc) is 2.86. The number of rotatable bonds is 5. The smallest absolute Gasteiger partial charge is 0.0408 e. The second-order valence-electron chi connectivity index (χ2n) is 6.50. The molecule has 1 aromatic carbocycles. The quantitative estimate of drug-likeness (QED) is 0.891. The molecule has 0 radical (unpaired) electrons. The van der Waals surface area contributed by atoms with Crippen molar-refractivity contribution >= 4 is 11.6 Å². The maximum absolute atomic E-state index is 6.06. The van der Waals surface area contributed by atoms with Gasteiger partial charge in [0.2, 0.25) is 0 Å². The largest absolute Gasteiger partial charge is 0.310 e. The van der Waals surface area contributed by atoms with E-state index in [1.165, 1.54) is 50.9 Å². The van der Waals surface area contributed by atoms with E-state index in [2.05, 4.69) is 35.3 Å². The molecular formula is C17H25ClN2. The number of likely N-dealkylation sites (tertiary alicyclic amines) is 1. The van der Waals surface area contributed by atoms with E-state index < -0.39 is 0 Å². The minimum Gasteiger partial charge on any atom is -0.310 e. The highest BCUT2D eigenvalue weighted by molar-refractivity contribution is 6.30. The average molecular weight is 293 g/mol. The molecule has 2 fully saturated rings. The van der Waals surface area contributed by atoms with Crippen LogP contribution in [-0.4, -0.2) is 36.6 Å². The minimum atomic E-state index is 0.610. The van der Waals surface area contributed by atoms with Crippen LogP contribution < -0.4 is 5.32 Å². The van der Waals surface area contributed by atoms with Crippen molar-refractivity contribution in [2.24, 2.45) is 0 Å². The zero-order valence-electron chi connectivity index (χ0n) is 12.3. The number of hydrogen-bond acceptors (Lipinski definition) is 2. The molecule has 2 nitrogen and oxygen atoms in total. The fraction of sp³-hybridized carbons (Fsp3) is 0.647. The van der Waals surface area contributed by atoms with Crippen LogP contribution in [-0.2, 0) is 0 Å². The molecule has 0 bridgehead atoms. The zero-order valence-corrected chi connectivity index (χ0v) is 13.1. The number of nitrogens with one attached hydrogen (secondary N) is 1. The Morgan fingerprint density at radius 3 is 2.75 bits per heavy atom. The minimum absolute atomic E-state index is 0.610. The van der Waals surface area contributed by atoms with E-state index in [0.717, 1.165) is 5.02 Å². The molecule has 0 amide bonds. The van der Waals surface area contributed by atoms with Crippen molar-refractivity contribution in [2.45, 2.75) is 50.6 Å². The van der Waals surface area contributed by atoms with Gasteiger partial charge < -0.3 is 10.2 Å². The van der Waals surface area contributed by atoms with Gasteiger partial charge in [-0.2, -0.15) is 0 Å². The number of benzene rings is 1.